The van der Waals surface area contributed by atoms with Crippen molar-refractivity contribution in [1.29, 1.82) is 0 Å². The molecule has 0 spiro atoms. The van der Waals surface area contributed by atoms with E-state index >= 15 is 0 Å². The van der Waals surface area contributed by atoms with Gasteiger partial charge in [-0.2, -0.15) is 0 Å². The maximum atomic E-state index is 12.1. The Morgan fingerprint density at radius 1 is 0.724 bits per heavy atom. The van der Waals surface area contributed by atoms with Crippen LogP contribution < -0.4 is 15.4 Å². The van der Waals surface area contributed by atoms with Crippen molar-refractivity contribution in [2.45, 2.75) is 26.2 Å². The van der Waals surface area contributed by atoms with Gasteiger partial charge < -0.3 is 15.4 Å². The molecule has 0 atom stereocenters. The van der Waals surface area contributed by atoms with E-state index in [0.29, 0.717) is 17.1 Å². The molecule has 0 bridgehead atoms. The number of ether oxygens (including phenoxy) is 1. The van der Waals surface area contributed by atoms with Crippen LogP contribution >= 0.6 is 0 Å². The second-order valence-corrected chi connectivity index (χ2v) is 6.65. The van der Waals surface area contributed by atoms with Gasteiger partial charge >= 0.3 is 11.8 Å². The van der Waals surface area contributed by atoms with Crippen molar-refractivity contribution in [2.75, 3.05) is 10.6 Å². The number of hydrogen-bond donors (Lipinski definition) is 2. The third kappa shape index (κ3) is 6.21. The molecule has 3 aromatic carbocycles. The summed E-state index contributed by atoms with van der Waals surface area (Å²) in [5.41, 5.74) is 2.32. The van der Waals surface area contributed by atoms with Crippen molar-refractivity contribution in [3.05, 3.63) is 84.4 Å². The third-order valence-corrected chi connectivity index (χ3v) is 4.33. The van der Waals surface area contributed by atoms with Gasteiger partial charge in [0.15, 0.2) is 0 Å². The van der Waals surface area contributed by atoms with Gasteiger partial charge in [-0.05, 0) is 66.9 Å². The lowest BCUT2D eigenvalue weighted by Gasteiger charge is -2.09. The summed E-state index contributed by atoms with van der Waals surface area (Å²) < 4.78 is 5.71. The minimum atomic E-state index is -0.725. The SMILES string of the molecule is CCCCc1ccc(NC(=O)C(=O)Nc2ccc(Oc3ccccc3)cc2)cc1. The Labute approximate surface area is 170 Å². The molecule has 0 radical (unpaired) electrons. The summed E-state index contributed by atoms with van der Waals surface area (Å²) in [6.07, 6.45) is 3.27. The Hall–Kier alpha value is -3.60. The van der Waals surface area contributed by atoms with Gasteiger partial charge in [0.05, 0.1) is 0 Å². The van der Waals surface area contributed by atoms with E-state index in [1.807, 2.05) is 54.6 Å². The number of nitrogens with one attached hydrogen (secondary N) is 2. The quantitative estimate of drug-likeness (QED) is 0.533. The zero-order chi connectivity index (χ0) is 20.5. The lowest BCUT2D eigenvalue weighted by Crippen LogP contribution is -2.29. The summed E-state index contributed by atoms with van der Waals surface area (Å²) in [6.45, 7) is 2.15. The predicted molar refractivity (Wildman–Crippen MR) is 115 cm³/mol. The zero-order valence-corrected chi connectivity index (χ0v) is 16.4. The molecular formula is C24H24N2O3. The highest BCUT2D eigenvalue weighted by Crippen LogP contribution is 2.22. The number of amides is 2. The number of carbonyl (C=O) groups excluding carboxylic acids is 2. The number of aryl methyl sites for hydroxylation is 1. The minimum absolute atomic E-state index is 0.514. The molecule has 3 aromatic rings. The average Bonchev–Trinajstić information content (AvgIpc) is 2.75. The molecule has 0 fully saturated rings. The molecular weight excluding hydrogens is 364 g/mol. The largest absolute Gasteiger partial charge is 0.457 e. The summed E-state index contributed by atoms with van der Waals surface area (Å²) in [4.78, 5) is 24.3. The molecule has 148 valence electrons. The first-order valence-corrected chi connectivity index (χ1v) is 9.68. The monoisotopic (exact) mass is 388 g/mol. The fraction of sp³-hybridized carbons (Fsp3) is 0.167. The van der Waals surface area contributed by atoms with Crippen LogP contribution in [0.1, 0.15) is 25.3 Å². The molecule has 29 heavy (non-hydrogen) atoms. The highest BCUT2D eigenvalue weighted by Gasteiger charge is 2.14. The van der Waals surface area contributed by atoms with E-state index < -0.39 is 11.8 Å². The second kappa shape index (κ2) is 10.1. The van der Waals surface area contributed by atoms with Crippen molar-refractivity contribution in [3.8, 4) is 11.5 Å². The highest BCUT2D eigenvalue weighted by atomic mass is 16.5. The number of benzene rings is 3. The number of rotatable bonds is 7. The topological polar surface area (TPSA) is 67.4 Å². The molecule has 0 aliphatic heterocycles. The summed E-state index contributed by atoms with van der Waals surface area (Å²) in [7, 11) is 0. The number of anilines is 2. The Morgan fingerprint density at radius 3 is 1.79 bits per heavy atom. The highest BCUT2D eigenvalue weighted by molar-refractivity contribution is 6.43. The maximum absolute atomic E-state index is 12.1. The van der Waals surface area contributed by atoms with E-state index in [4.69, 9.17) is 4.74 Å². The van der Waals surface area contributed by atoms with Crippen molar-refractivity contribution in [1.82, 2.24) is 0 Å². The van der Waals surface area contributed by atoms with Crippen LogP contribution in [0.4, 0.5) is 11.4 Å². The molecule has 5 heteroatoms. The van der Waals surface area contributed by atoms with Crippen LogP contribution in [0.2, 0.25) is 0 Å². The van der Waals surface area contributed by atoms with Crippen molar-refractivity contribution in [2.24, 2.45) is 0 Å². The van der Waals surface area contributed by atoms with Crippen molar-refractivity contribution in [3.63, 3.8) is 0 Å². The maximum Gasteiger partial charge on any atom is 0.314 e. The molecule has 0 saturated heterocycles. The minimum Gasteiger partial charge on any atom is -0.457 e. The van der Waals surface area contributed by atoms with Gasteiger partial charge in [0.2, 0.25) is 0 Å². The summed E-state index contributed by atoms with van der Waals surface area (Å²) in [5.74, 6) is -0.0705. The molecule has 2 N–H and O–H groups in total. The fourth-order valence-corrected chi connectivity index (χ4v) is 2.74. The van der Waals surface area contributed by atoms with Gasteiger partial charge in [-0.15, -0.1) is 0 Å². The van der Waals surface area contributed by atoms with Gasteiger partial charge in [0, 0.05) is 11.4 Å². The van der Waals surface area contributed by atoms with Gasteiger partial charge in [-0.1, -0.05) is 43.7 Å². The fourth-order valence-electron chi connectivity index (χ4n) is 2.74. The van der Waals surface area contributed by atoms with Crippen LogP contribution in [-0.2, 0) is 16.0 Å². The summed E-state index contributed by atoms with van der Waals surface area (Å²) in [5, 5.41) is 5.20. The number of para-hydroxylation sites is 1. The van der Waals surface area contributed by atoms with E-state index in [1.165, 1.54) is 5.56 Å². The molecule has 5 nitrogen and oxygen atoms in total. The van der Waals surface area contributed by atoms with E-state index in [1.54, 1.807) is 24.3 Å². The Bertz CT molecular complexity index is 936. The first kappa shape index (κ1) is 20.1. The van der Waals surface area contributed by atoms with E-state index in [9.17, 15) is 9.59 Å². The molecule has 0 unspecified atom stereocenters. The third-order valence-electron chi connectivity index (χ3n) is 4.33. The Morgan fingerprint density at radius 2 is 1.24 bits per heavy atom. The number of unbranched alkanes of at least 4 members (excludes halogenated alkanes) is 1. The van der Waals surface area contributed by atoms with Crippen LogP contribution in [-0.4, -0.2) is 11.8 Å². The van der Waals surface area contributed by atoms with Crippen LogP contribution in [0, 0.1) is 0 Å². The Kier molecular flexibility index (Phi) is 7.00. The van der Waals surface area contributed by atoms with Gasteiger partial charge in [0.1, 0.15) is 11.5 Å². The second-order valence-electron chi connectivity index (χ2n) is 6.65. The zero-order valence-electron chi connectivity index (χ0n) is 16.4. The smallest absolute Gasteiger partial charge is 0.314 e. The lowest BCUT2D eigenvalue weighted by atomic mass is 10.1. The van der Waals surface area contributed by atoms with Gasteiger partial charge in [-0.25, -0.2) is 0 Å². The van der Waals surface area contributed by atoms with Crippen molar-refractivity contribution >= 4 is 23.2 Å². The van der Waals surface area contributed by atoms with E-state index in [0.717, 1.165) is 25.0 Å². The van der Waals surface area contributed by atoms with Crippen LogP contribution in [0.5, 0.6) is 11.5 Å². The van der Waals surface area contributed by atoms with Gasteiger partial charge in [-0.3, -0.25) is 9.59 Å². The van der Waals surface area contributed by atoms with E-state index in [2.05, 4.69) is 17.6 Å². The molecule has 0 aliphatic rings. The molecule has 0 heterocycles. The summed E-state index contributed by atoms with van der Waals surface area (Å²) >= 11 is 0. The first-order valence-electron chi connectivity index (χ1n) is 9.68. The normalized spacial score (nSPS) is 10.2. The summed E-state index contributed by atoms with van der Waals surface area (Å²) in [6, 6.07) is 23.8. The first-order chi connectivity index (χ1) is 14.1. The predicted octanol–water partition coefficient (Wildman–Crippen LogP) is 5.40. The molecule has 0 aromatic heterocycles. The molecule has 0 saturated carbocycles. The molecule has 0 aliphatic carbocycles. The van der Waals surface area contributed by atoms with Crippen molar-refractivity contribution < 1.29 is 14.3 Å². The van der Waals surface area contributed by atoms with Crippen LogP contribution in [0.25, 0.3) is 0 Å². The average molecular weight is 388 g/mol. The van der Waals surface area contributed by atoms with E-state index in [-0.39, 0.29) is 0 Å². The Balaban J connectivity index is 1.52. The lowest BCUT2D eigenvalue weighted by molar-refractivity contribution is -0.132. The van der Waals surface area contributed by atoms with Crippen LogP contribution in [0.3, 0.4) is 0 Å². The van der Waals surface area contributed by atoms with Gasteiger partial charge in [0.25, 0.3) is 0 Å². The molecule has 2 amide bonds. The van der Waals surface area contributed by atoms with Crippen LogP contribution in [0.15, 0.2) is 78.9 Å². The standard InChI is InChI=1S/C24H24N2O3/c1-2-3-7-18-10-12-19(13-11-18)25-23(27)24(28)26-20-14-16-22(17-15-20)29-21-8-5-4-6-9-21/h4-6,8-17H,2-3,7H2,1H3,(H,25,27)(H,26,28). The molecule has 3 rings (SSSR count). The number of carbonyl (C=O) groups is 2. The number of hydrogen-bond acceptors (Lipinski definition) is 3.